The first-order valence-electron chi connectivity index (χ1n) is 7.63. The summed E-state index contributed by atoms with van der Waals surface area (Å²) in [6.45, 7) is 6.39. The fraction of sp³-hybridized carbons (Fsp3) is 0.562. The summed E-state index contributed by atoms with van der Waals surface area (Å²) in [6, 6.07) is 7.65. The summed E-state index contributed by atoms with van der Waals surface area (Å²) in [5.41, 5.74) is 1.03. The van der Waals surface area contributed by atoms with Crippen molar-refractivity contribution in [2.45, 2.75) is 39.5 Å². The van der Waals surface area contributed by atoms with Gasteiger partial charge >= 0.3 is 6.18 Å². The van der Waals surface area contributed by atoms with Crippen LogP contribution in [0.3, 0.4) is 0 Å². The highest BCUT2D eigenvalue weighted by Gasteiger charge is 2.26. The van der Waals surface area contributed by atoms with Gasteiger partial charge in [-0.15, -0.1) is 24.0 Å². The van der Waals surface area contributed by atoms with Gasteiger partial charge in [-0.25, -0.2) is 4.99 Å². The van der Waals surface area contributed by atoms with Gasteiger partial charge in [-0.1, -0.05) is 18.2 Å². The second-order valence-corrected chi connectivity index (χ2v) is 5.21. The van der Waals surface area contributed by atoms with E-state index in [4.69, 9.17) is 4.74 Å². The standard InChI is InChI=1S/C16H24F3N3O.HI/c1-4-20-15(21-10-9-16(17,18)19)22-11-13(3)23-14-8-6-5-7-12(14)2;/h5-8,13H,4,9-11H2,1-3H3,(H2,20,21,22);1H. The fourth-order valence-electron chi connectivity index (χ4n) is 1.83. The summed E-state index contributed by atoms with van der Waals surface area (Å²) in [7, 11) is 0. The van der Waals surface area contributed by atoms with Crippen LogP contribution in [0, 0.1) is 6.92 Å². The van der Waals surface area contributed by atoms with Crippen LogP contribution in [0.4, 0.5) is 13.2 Å². The van der Waals surface area contributed by atoms with Gasteiger partial charge in [0.1, 0.15) is 11.9 Å². The first-order chi connectivity index (χ1) is 10.8. The van der Waals surface area contributed by atoms with E-state index < -0.39 is 12.6 Å². The van der Waals surface area contributed by atoms with Crippen LogP contribution in [0.5, 0.6) is 5.75 Å². The average Bonchev–Trinajstić information content (AvgIpc) is 2.46. The van der Waals surface area contributed by atoms with Gasteiger partial charge in [0.2, 0.25) is 0 Å². The van der Waals surface area contributed by atoms with Gasteiger partial charge in [-0.05, 0) is 32.4 Å². The van der Waals surface area contributed by atoms with Crippen molar-refractivity contribution in [1.82, 2.24) is 10.6 Å². The molecule has 0 spiro atoms. The van der Waals surface area contributed by atoms with Crippen molar-refractivity contribution in [1.29, 1.82) is 0 Å². The summed E-state index contributed by atoms with van der Waals surface area (Å²) in [4.78, 5) is 4.26. The number of rotatable bonds is 7. The molecule has 1 atom stereocenters. The van der Waals surface area contributed by atoms with Crippen molar-refractivity contribution in [2.24, 2.45) is 4.99 Å². The Morgan fingerprint density at radius 3 is 2.50 bits per heavy atom. The molecule has 0 heterocycles. The number of aliphatic imine (C=N–C) groups is 1. The van der Waals surface area contributed by atoms with Crippen molar-refractivity contribution < 1.29 is 17.9 Å². The summed E-state index contributed by atoms with van der Waals surface area (Å²) in [5, 5.41) is 5.59. The Kier molecular flexibility index (Phi) is 10.8. The number of halogens is 4. The van der Waals surface area contributed by atoms with Gasteiger partial charge in [0, 0.05) is 13.1 Å². The van der Waals surface area contributed by atoms with E-state index in [-0.39, 0.29) is 36.6 Å². The zero-order valence-corrected chi connectivity index (χ0v) is 16.4. The number of nitrogens with one attached hydrogen (secondary N) is 2. The minimum absolute atomic E-state index is 0. The third-order valence-corrected chi connectivity index (χ3v) is 2.97. The van der Waals surface area contributed by atoms with E-state index in [0.717, 1.165) is 11.3 Å². The number of hydrogen-bond acceptors (Lipinski definition) is 2. The normalized spacial score (nSPS) is 13.0. The molecule has 0 radical (unpaired) electrons. The van der Waals surface area contributed by atoms with Crippen molar-refractivity contribution in [3.8, 4) is 5.75 Å². The third kappa shape index (κ3) is 9.84. The van der Waals surface area contributed by atoms with Gasteiger partial charge < -0.3 is 15.4 Å². The van der Waals surface area contributed by atoms with Crippen LogP contribution in [-0.4, -0.2) is 37.9 Å². The molecule has 0 fully saturated rings. The van der Waals surface area contributed by atoms with Gasteiger partial charge in [-0.2, -0.15) is 13.2 Å². The van der Waals surface area contributed by atoms with Gasteiger partial charge in [0.25, 0.3) is 0 Å². The molecule has 1 aromatic rings. The quantitative estimate of drug-likeness (QED) is 0.370. The molecular weight excluding hydrogens is 434 g/mol. The zero-order chi connectivity index (χ0) is 17.3. The van der Waals surface area contributed by atoms with Crippen LogP contribution in [0.1, 0.15) is 25.8 Å². The lowest BCUT2D eigenvalue weighted by Gasteiger charge is -2.16. The van der Waals surface area contributed by atoms with E-state index in [1.807, 2.05) is 45.0 Å². The first kappa shape index (κ1) is 22.8. The van der Waals surface area contributed by atoms with E-state index in [1.54, 1.807) is 0 Å². The van der Waals surface area contributed by atoms with E-state index >= 15 is 0 Å². The van der Waals surface area contributed by atoms with Crippen LogP contribution in [0.25, 0.3) is 0 Å². The van der Waals surface area contributed by atoms with Crippen LogP contribution in [0.15, 0.2) is 29.3 Å². The lowest BCUT2D eigenvalue weighted by molar-refractivity contribution is -0.132. The molecule has 1 aromatic carbocycles. The summed E-state index contributed by atoms with van der Waals surface area (Å²) >= 11 is 0. The maximum atomic E-state index is 12.2. The van der Waals surface area contributed by atoms with Crippen molar-refractivity contribution in [3.05, 3.63) is 29.8 Å². The molecule has 8 heteroatoms. The molecule has 138 valence electrons. The van der Waals surface area contributed by atoms with Crippen molar-refractivity contribution >= 4 is 29.9 Å². The molecule has 1 unspecified atom stereocenters. The molecule has 0 saturated carbocycles. The molecule has 24 heavy (non-hydrogen) atoms. The molecule has 1 rings (SSSR count). The molecule has 0 saturated heterocycles. The smallest absolute Gasteiger partial charge is 0.390 e. The second-order valence-electron chi connectivity index (χ2n) is 5.21. The molecule has 0 aliphatic rings. The highest BCUT2D eigenvalue weighted by molar-refractivity contribution is 14.0. The predicted molar refractivity (Wildman–Crippen MR) is 101 cm³/mol. The number of nitrogens with zero attached hydrogens (tertiary/aromatic N) is 1. The first-order valence-corrected chi connectivity index (χ1v) is 7.63. The van der Waals surface area contributed by atoms with E-state index in [9.17, 15) is 13.2 Å². The van der Waals surface area contributed by atoms with Crippen LogP contribution < -0.4 is 15.4 Å². The molecular formula is C16H25F3IN3O. The monoisotopic (exact) mass is 459 g/mol. The van der Waals surface area contributed by atoms with E-state index in [1.165, 1.54) is 0 Å². The number of alkyl halides is 3. The largest absolute Gasteiger partial charge is 0.489 e. The Morgan fingerprint density at radius 2 is 1.92 bits per heavy atom. The van der Waals surface area contributed by atoms with E-state index in [2.05, 4.69) is 15.6 Å². The molecule has 0 amide bonds. The number of hydrogen-bond donors (Lipinski definition) is 2. The molecule has 0 aliphatic carbocycles. The molecule has 0 aliphatic heterocycles. The Bertz CT molecular complexity index is 510. The Morgan fingerprint density at radius 1 is 1.25 bits per heavy atom. The van der Waals surface area contributed by atoms with Crippen LogP contribution in [0.2, 0.25) is 0 Å². The van der Waals surface area contributed by atoms with Crippen molar-refractivity contribution in [2.75, 3.05) is 19.6 Å². The van der Waals surface area contributed by atoms with Crippen LogP contribution in [-0.2, 0) is 0 Å². The predicted octanol–water partition coefficient (Wildman–Crippen LogP) is 3.89. The number of ether oxygens (including phenoxy) is 1. The van der Waals surface area contributed by atoms with E-state index in [0.29, 0.717) is 19.0 Å². The maximum Gasteiger partial charge on any atom is 0.390 e. The van der Waals surface area contributed by atoms with Crippen molar-refractivity contribution in [3.63, 3.8) is 0 Å². The highest BCUT2D eigenvalue weighted by atomic mass is 127. The molecule has 0 aromatic heterocycles. The SMILES string of the molecule is CCNC(=NCC(C)Oc1ccccc1C)NCCC(F)(F)F.I. The number of aryl methyl sites for hydroxylation is 1. The minimum atomic E-state index is -4.18. The minimum Gasteiger partial charge on any atom is -0.489 e. The Labute approximate surface area is 158 Å². The summed E-state index contributed by atoms with van der Waals surface area (Å²) in [6.07, 6.45) is -5.26. The van der Waals surface area contributed by atoms with Gasteiger partial charge in [0.05, 0.1) is 13.0 Å². The number of para-hydroxylation sites is 1. The van der Waals surface area contributed by atoms with Gasteiger partial charge in [0.15, 0.2) is 5.96 Å². The third-order valence-electron chi connectivity index (χ3n) is 2.97. The van der Waals surface area contributed by atoms with Crippen LogP contribution >= 0.6 is 24.0 Å². The zero-order valence-electron chi connectivity index (χ0n) is 14.1. The lowest BCUT2D eigenvalue weighted by Crippen LogP contribution is -2.39. The highest BCUT2D eigenvalue weighted by Crippen LogP contribution is 2.18. The topological polar surface area (TPSA) is 45.7 Å². The molecule has 4 nitrogen and oxygen atoms in total. The fourth-order valence-corrected chi connectivity index (χ4v) is 1.83. The number of guanidine groups is 1. The number of benzene rings is 1. The van der Waals surface area contributed by atoms with Gasteiger partial charge in [-0.3, -0.25) is 0 Å². The molecule has 2 N–H and O–H groups in total. The Hall–Kier alpha value is -1.19. The Balaban J connectivity index is 0.00000529. The summed E-state index contributed by atoms with van der Waals surface area (Å²) < 4.78 is 42.3. The average molecular weight is 459 g/mol. The second kappa shape index (κ2) is 11.4. The summed E-state index contributed by atoms with van der Waals surface area (Å²) in [5.74, 6) is 1.14. The lowest BCUT2D eigenvalue weighted by atomic mass is 10.2. The molecule has 0 bridgehead atoms. The maximum absolute atomic E-state index is 12.2.